The van der Waals surface area contributed by atoms with Crippen molar-refractivity contribution in [1.82, 2.24) is 35.0 Å². The molecule has 8 rings (SSSR count). The quantitative estimate of drug-likeness (QED) is 0.0976. The molecule has 0 spiro atoms. The molecular weight excluding hydrogens is 769 g/mol. The SMILES string of the molecule is CC(C)OC(=O)N[C@@H](C(=O)N1CCC[C@H]1C(=O)Nc1ccc2[nH]c(-c3ccc(-c4cnc([C@@H]5CCCN5C(=O)[C@@H](c5ccccc5)N(C)C)[nH]4)cc3)cc2c1)c1ccccc1. The highest BCUT2D eigenvalue weighted by molar-refractivity contribution is 6.00. The number of imidazole rings is 1. The lowest BCUT2D eigenvalue weighted by Crippen LogP contribution is -2.48. The van der Waals surface area contributed by atoms with Crippen LogP contribution in [0, 0.1) is 0 Å². The molecule has 2 aliphatic heterocycles. The van der Waals surface area contributed by atoms with Crippen LogP contribution in [0.25, 0.3) is 33.4 Å². The molecule has 13 heteroatoms. The Hall–Kier alpha value is -6.73. The van der Waals surface area contributed by atoms with Crippen molar-refractivity contribution in [2.75, 3.05) is 32.5 Å². The van der Waals surface area contributed by atoms with E-state index in [1.54, 1.807) is 43.0 Å². The van der Waals surface area contributed by atoms with Gasteiger partial charge in [0.15, 0.2) is 0 Å². The van der Waals surface area contributed by atoms with E-state index in [2.05, 4.69) is 44.9 Å². The number of alkyl carbamates (subject to hydrolysis) is 1. The second kappa shape index (κ2) is 17.9. The minimum atomic E-state index is -0.997. The van der Waals surface area contributed by atoms with Crippen molar-refractivity contribution in [1.29, 1.82) is 0 Å². The second-order valence-electron chi connectivity index (χ2n) is 16.3. The van der Waals surface area contributed by atoms with E-state index in [0.29, 0.717) is 37.2 Å². The summed E-state index contributed by atoms with van der Waals surface area (Å²) in [4.78, 5) is 71.6. The molecule has 314 valence electrons. The summed E-state index contributed by atoms with van der Waals surface area (Å²) in [5.74, 6) is 0.222. The molecule has 4 N–H and O–H groups in total. The van der Waals surface area contributed by atoms with E-state index in [1.165, 1.54) is 0 Å². The Morgan fingerprint density at radius 2 is 1.41 bits per heavy atom. The van der Waals surface area contributed by atoms with Crippen LogP contribution in [-0.4, -0.2) is 92.8 Å². The number of carbonyl (C=O) groups is 4. The third-order valence-corrected chi connectivity index (χ3v) is 11.5. The van der Waals surface area contributed by atoms with Crippen LogP contribution in [-0.2, 0) is 19.1 Å². The maximum Gasteiger partial charge on any atom is 0.408 e. The molecule has 0 unspecified atom stereocenters. The third kappa shape index (κ3) is 8.92. The van der Waals surface area contributed by atoms with E-state index in [-0.39, 0.29) is 35.9 Å². The summed E-state index contributed by atoms with van der Waals surface area (Å²) in [7, 11) is 3.88. The molecule has 4 amide bonds. The molecule has 0 radical (unpaired) electrons. The zero-order chi connectivity index (χ0) is 42.6. The fourth-order valence-electron chi connectivity index (χ4n) is 8.61. The summed E-state index contributed by atoms with van der Waals surface area (Å²) >= 11 is 0. The standard InChI is InChI=1S/C48H52N8O5/c1-30(2)61-48(60)53-42(33-13-7-5-8-14-33)46(58)56-26-12-18-41(56)45(57)50-36-23-24-37-35(27-36)28-38(51-37)31-19-21-32(22-20-31)39-29-49-44(52-39)40-17-11-25-55(40)47(59)43(54(3)4)34-15-9-6-10-16-34/h5-10,13-16,19-24,27-30,40-43,51H,11-12,17-18,25-26H2,1-4H3,(H,49,52)(H,50,57)(H,53,60)/t40-,41-,42+,43+/m0/s1. The van der Waals surface area contributed by atoms with E-state index in [4.69, 9.17) is 9.72 Å². The van der Waals surface area contributed by atoms with Gasteiger partial charge in [-0.05, 0) is 100 Å². The van der Waals surface area contributed by atoms with Crippen LogP contribution in [0.2, 0.25) is 0 Å². The largest absolute Gasteiger partial charge is 0.447 e. The number of benzene rings is 4. The average molecular weight is 821 g/mol. The topological polar surface area (TPSA) is 156 Å². The summed E-state index contributed by atoms with van der Waals surface area (Å²) in [6, 6.07) is 32.7. The first kappa shape index (κ1) is 41.0. The van der Waals surface area contributed by atoms with Gasteiger partial charge in [-0.3, -0.25) is 19.3 Å². The van der Waals surface area contributed by atoms with Crippen molar-refractivity contribution in [2.45, 2.75) is 69.8 Å². The van der Waals surface area contributed by atoms with Crippen LogP contribution < -0.4 is 10.6 Å². The number of rotatable bonds is 12. The number of ether oxygens (including phenoxy) is 1. The lowest BCUT2D eigenvalue weighted by Gasteiger charge is -2.31. The van der Waals surface area contributed by atoms with Crippen LogP contribution in [0.15, 0.2) is 115 Å². The number of likely N-dealkylation sites (tertiary alicyclic amines) is 2. The number of aromatic amines is 2. The third-order valence-electron chi connectivity index (χ3n) is 11.5. The van der Waals surface area contributed by atoms with E-state index in [1.807, 2.05) is 90.8 Å². The number of amides is 4. The number of fused-ring (bicyclic) bond motifs is 1. The molecule has 61 heavy (non-hydrogen) atoms. The normalized spacial score (nSPS) is 17.5. The molecule has 4 aromatic carbocycles. The predicted molar refractivity (Wildman–Crippen MR) is 235 cm³/mol. The van der Waals surface area contributed by atoms with Gasteiger partial charge >= 0.3 is 6.09 Å². The summed E-state index contributed by atoms with van der Waals surface area (Å²) in [5.41, 5.74) is 6.89. The Morgan fingerprint density at radius 1 is 0.754 bits per heavy atom. The summed E-state index contributed by atoms with van der Waals surface area (Å²) < 4.78 is 5.29. The molecule has 2 fully saturated rings. The smallest absolute Gasteiger partial charge is 0.408 e. The van der Waals surface area contributed by atoms with Gasteiger partial charge in [0, 0.05) is 35.4 Å². The first-order valence-corrected chi connectivity index (χ1v) is 21.0. The number of nitrogens with one attached hydrogen (secondary N) is 4. The molecule has 2 aliphatic rings. The number of nitrogens with zero attached hydrogens (tertiary/aromatic N) is 4. The summed E-state index contributed by atoms with van der Waals surface area (Å²) in [5, 5.41) is 6.68. The number of carbonyl (C=O) groups excluding carboxylic acids is 4. The predicted octanol–water partition coefficient (Wildman–Crippen LogP) is 8.00. The summed E-state index contributed by atoms with van der Waals surface area (Å²) in [6.45, 7) is 4.57. The fourth-order valence-corrected chi connectivity index (χ4v) is 8.61. The van der Waals surface area contributed by atoms with Gasteiger partial charge in [-0.15, -0.1) is 0 Å². The highest BCUT2D eigenvalue weighted by atomic mass is 16.6. The van der Waals surface area contributed by atoms with Crippen molar-refractivity contribution >= 4 is 40.4 Å². The molecule has 4 heterocycles. The number of H-pyrrole nitrogens is 2. The van der Waals surface area contributed by atoms with E-state index >= 15 is 0 Å². The van der Waals surface area contributed by atoms with Crippen molar-refractivity contribution < 1.29 is 23.9 Å². The highest BCUT2D eigenvalue weighted by Gasteiger charge is 2.39. The molecule has 6 aromatic rings. The lowest BCUT2D eigenvalue weighted by molar-refractivity contribution is -0.138. The number of aromatic nitrogens is 3. The van der Waals surface area contributed by atoms with Crippen molar-refractivity contribution in [2.24, 2.45) is 0 Å². The van der Waals surface area contributed by atoms with Crippen molar-refractivity contribution in [3.05, 3.63) is 132 Å². The van der Waals surface area contributed by atoms with Crippen molar-refractivity contribution in [3.63, 3.8) is 0 Å². The van der Waals surface area contributed by atoms with E-state index in [0.717, 1.165) is 57.6 Å². The molecule has 0 saturated carbocycles. The molecule has 2 saturated heterocycles. The maximum absolute atomic E-state index is 14.0. The van der Waals surface area contributed by atoms with Gasteiger partial charge in [-0.2, -0.15) is 0 Å². The Morgan fingerprint density at radius 3 is 2.10 bits per heavy atom. The van der Waals surface area contributed by atoms with E-state index < -0.39 is 18.2 Å². The highest BCUT2D eigenvalue weighted by Crippen LogP contribution is 2.36. The zero-order valence-electron chi connectivity index (χ0n) is 34.9. The van der Waals surface area contributed by atoms with Gasteiger partial charge in [0.2, 0.25) is 11.8 Å². The minimum Gasteiger partial charge on any atom is -0.447 e. The first-order chi connectivity index (χ1) is 29.5. The second-order valence-corrected chi connectivity index (χ2v) is 16.3. The van der Waals surface area contributed by atoms with Gasteiger partial charge in [-0.1, -0.05) is 84.9 Å². The summed E-state index contributed by atoms with van der Waals surface area (Å²) in [6.07, 6.45) is 3.72. The number of anilines is 1. The van der Waals surface area contributed by atoms with Crippen LogP contribution in [0.3, 0.4) is 0 Å². The van der Waals surface area contributed by atoms with E-state index in [9.17, 15) is 19.2 Å². The van der Waals surface area contributed by atoms with Crippen LogP contribution >= 0.6 is 0 Å². The number of likely N-dealkylation sites (N-methyl/N-ethyl adjacent to an activating group) is 1. The molecular formula is C48H52N8O5. The maximum atomic E-state index is 14.0. The van der Waals surface area contributed by atoms with Crippen molar-refractivity contribution in [3.8, 4) is 22.5 Å². The molecule has 0 bridgehead atoms. The minimum absolute atomic E-state index is 0.0786. The molecule has 13 nitrogen and oxygen atoms in total. The fraction of sp³-hybridized carbons (Fsp3) is 0.312. The van der Waals surface area contributed by atoms with Gasteiger partial charge < -0.3 is 35.1 Å². The van der Waals surface area contributed by atoms with Gasteiger partial charge in [0.25, 0.3) is 5.91 Å². The van der Waals surface area contributed by atoms with Crippen LogP contribution in [0.1, 0.15) is 74.6 Å². The Labute approximate surface area is 355 Å². The number of hydrogen-bond acceptors (Lipinski definition) is 7. The molecule has 4 atom stereocenters. The van der Waals surface area contributed by atoms with Gasteiger partial charge in [0.05, 0.1) is 24.0 Å². The Kier molecular flexibility index (Phi) is 12.0. The molecule has 0 aliphatic carbocycles. The van der Waals surface area contributed by atoms with Crippen LogP contribution in [0.4, 0.5) is 10.5 Å². The first-order valence-electron chi connectivity index (χ1n) is 21.0. The van der Waals surface area contributed by atoms with Gasteiger partial charge in [0.1, 0.15) is 23.9 Å². The van der Waals surface area contributed by atoms with Crippen LogP contribution in [0.5, 0.6) is 0 Å². The average Bonchev–Trinajstić information content (AvgIpc) is 4.10. The van der Waals surface area contributed by atoms with Gasteiger partial charge in [-0.25, -0.2) is 9.78 Å². The Bertz CT molecular complexity index is 2500. The lowest BCUT2D eigenvalue weighted by atomic mass is 10.0. The number of hydrogen-bond donors (Lipinski definition) is 4. The molecule has 2 aromatic heterocycles. The zero-order valence-corrected chi connectivity index (χ0v) is 34.9. The monoisotopic (exact) mass is 820 g/mol. The Balaban J connectivity index is 0.929.